The largest absolute Gasteiger partial charge is 0.466 e. The first-order chi connectivity index (χ1) is 14.3. The molecular weight excluding hydrogens is 386 g/mol. The molecule has 4 nitrogen and oxygen atoms in total. The summed E-state index contributed by atoms with van der Waals surface area (Å²) in [6.07, 6.45) is 3.24. The average Bonchev–Trinajstić information content (AvgIpc) is 3.06. The molecule has 3 atom stereocenters. The van der Waals surface area contributed by atoms with Gasteiger partial charge in [0.1, 0.15) is 11.6 Å². The van der Waals surface area contributed by atoms with E-state index in [0.717, 1.165) is 24.1 Å². The summed E-state index contributed by atoms with van der Waals surface area (Å²) < 4.78 is 34.0. The fourth-order valence-corrected chi connectivity index (χ4v) is 5.82. The van der Waals surface area contributed by atoms with Gasteiger partial charge in [-0.05, 0) is 67.7 Å². The van der Waals surface area contributed by atoms with E-state index in [9.17, 15) is 13.6 Å². The smallest absolute Gasteiger partial charge is 0.308 e. The van der Waals surface area contributed by atoms with Crippen molar-refractivity contribution in [3.05, 3.63) is 47.2 Å². The zero-order valence-electron chi connectivity index (χ0n) is 18.0. The molecule has 1 heterocycles. The molecule has 1 saturated carbocycles. The number of hydrogen-bond acceptors (Lipinski definition) is 4. The summed E-state index contributed by atoms with van der Waals surface area (Å²) in [6.45, 7) is 8.62. The predicted octanol–water partition coefficient (Wildman–Crippen LogP) is 5.56. The fourth-order valence-electron chi connectivity index (χ4n) is 5.82. The Morgan fingerprint density at radius 1 is 1.23 bits per heavy atom. The lowest BCUT2D eigenvalue weighted by Crippen LogP contribution is -2.39. The van der Waals surface area contributed by atoms with Gasteiger partial charge in [-0.1, -0.05) is 26.8 Å². The van der Waals surface area contributed by atoms with Crippen molar-refractivity contribution in [3.8, 4) is 11.3 Å². The maximum atomic E-state index is 14.3. The molecule has 4 rings (SSSR count). The van der Waals surface area contributed by atoms with E-state index in [1.807, 2.05) is 19.9 Å². The molecule has 30 heavy (non-hydrogen) atoms. The highest BCUT2D eigenvalue weighted by Crippen LogP contribution is 2.69. The SMILES string of the molecule is CCOC(=O)[C@H](CC)C[C@@]12CC[C@@H](c3cc(-c4c(F)cccc4F)nnc31)C2(C)C. The summed E-state index contributed by atoms with van der Waals surface area (Å²) in [5, 5.41) is 8.77. The molecule has 2 aliphatic carbocycles. The van der Waals surface area contributed by atoms with E-state index >= 15 is 0 Å². The first-order valence-electron chi connectivity index (χ1n) is 10.8. The highest BCUT2D eigenvalue weighted by atomic mass is 19.1. The van der Waals surface area contributed by atoms with Crippen LogP contribution in [0.2, 0.25) is 0 Å². The minimum Gasteiger partial charge on any atom is -0.466 e. The number of ether oxygens (including phenoxy) is 1. The van der Waals surface area contributed by atoms with Crippen molar-refractivity contribution in [3.63, 3.8) is 0 Å². The van der Waals surface area contributed by atoms with Gasteiger partial charge < -0.3 is 4.74 Å². The van der Waals surface area contributed by atoms with Gasteiger partial charge in [-0.15, -0.1) is 0 Å². The maximum absolute atomic E-state index is 14.3. The van der Waals surface area contributed by atoms with Gasteiger partial charge in [0.2, 0.25) is 0 Å². The molecule has 0 aliphatic heterocycles. The molecule has 2 aromatic rings. The number of carbonyl (C=O) groups excluding carboxylic acids is 1. The lowest BCUT2D eigenvalue weighted by Gasteiger charge is -2.39. The number of fused-ring (bicyclic) bond motifs is 5. The van der Waals surface area contributed by atoms with Gasteiger partial charge >= 0.3 is 5.97 Å². The van der Waals surface area contributed by atoms with E-state index < -0.39 is 11.6 Å². The molecule has 1 aromatic carbocycles. The fraction of sp³-hybridized carbons (Fsp3) is 0.542. The molecule has 1 fully saturated rings. The summed E-state index contributed by atoms with van der Waals surface area (Å²) in [5.74, 6) is -1.44. The molecule has 6 heteroatoms. The Balaban J connectivity index is 1.78. The van der Waals surface area contributed by atoms with Crippen LogP contribution < -0.4 is 0 Å². The third-order valence-electron chi connectivity index (χ3n) is 7.54. The van der Waals surface area contributed by atoms with Crippen LogP contribution in [0.5, 0.6) is 0 Å². The molecule has 0 N–H and O–H groups in total. The molecular formula is C24H28F2N2O2. The van der Waals surface area contributed by atoms with Crippen molar-refractivity contribution in [1.82, 2.24) is 10.2 Å². The van der Waals surface area contributed by atoms with Crippen molar-refractivity contribution in [1.29, 1.82) is 0 Å². The predicted molar refractivity (Wildman–Crippen MR) is 110 cm³/mol. The van der Waals surface area contributed by atoms with Crippen molar-refractivity contribution < 1.29 is 18.3 Å². The summed E-state index contributed by atoms with van der Waals surface area (Å²) in [5.41, 5.74) is 1.56. The summed E-state index contributed by atoms with van der Waals surface area (Å²) in [4.78, 5) is 12.5. The van der Waals surface area contributed by atoms with Crippen LogP contribution in [0.3, 0.4) is 0 Å². The minimum atomic E-state index is -0.644. The molecule has 2 aliphatic rings. The van der Waals surface area contributed by atoms with Crippen molar-refractivity contribution in [2.75, 3.05) is 6.61 Å². The first kappa shape index (κ1) is 20.9. The van der Waals surface area contributed by atoms with Crippen LogP contribution in [0.25, 0.3) is 11.3 Å². The van der Waals surface area contributed by atoms with Gasteiger partial charge in [-0.25, -0.2) is 8.78 Å². The second-order valence-corrected chi connectivity index (χ2v) is 9.09. The van der Waals surface area contributed by atoms with Crippen molar-refractivity contribution >= 4 is 5.97 Å². The Labute approximate surface area is 176 Å². The van der Waals surface area contributed by atoms with Crippen LogP contribution in [0.1, 0.15) is 70.6 Å². The number of aromatic nitrogens is 2. The van der Waals surface area contributed by atoms with Gasteiger partial charge in [0.15, 0.2) is 0 Å². The number of hydrogen-bond donors (Lipinski definition) is 0. The standard InChI is InChI=1S/C24H28F2N2O2/c1-5-14(22(29)30-6-2)13-24-11-10-16(23(24,3)4)15-12-19(27-28-21(15)24)20-17(25)8-7-9-18(20)26/h7-9,12,14,16H,5-6,10-11,13H2,1-4H3/t14-,16+,24+/m1/s1. The Hall–Kier alpha value is -2.37. The zero-order valence-corrected chi connectivity index (χ0v) is 18.0. The number of benzene rings is 1. The molecule has 1 aromatic heterocycles. The monoisotopic (exact) mass is 414 g/mol. The van der Waals surface area contributed by atoms with E-state index in [1.165, 1.54) is 18.2 Å². The molecule has 0 spiro atoms. The molecule has 0 unspecified atom stereocenters. The molecule has 0 saturated heterocycles. The van der Waals surface area contributed by atoms with E-state index in [4.69, 9.17) is 4.74 Å². The van der Waals surface area contributed by atoms with Crippen molar-refractivity contribution in [2.24, 2.45) is 11.3 Å². The topological polar surface area (TPSA) is 52.1 Å². The van der Waals surface area contributed by atoms with E-state index in [1.54, 1.807) is 0 Å². The third kappa shape index (κ3) is 2.87. The molecule has 0 radical (unpaired) electrons. The normalized spacial score (nSPS) is 24.5. The molecule has 0 amide bonds. The Morgan fingerprint density at radius 3 is 2.57 bits per heavy atom. The van der Waals surface area contributed by atoms with Crippen LogP contribution >= 0.6 is 0 Å². The summed E-state index contributed by atoms with van der Waals surface area (Å²) >= 11 is 0. The maximum Gasteiger partial charge on any atom is 0.308 e. The minimum absolute atomic E-state index is 0.129. The summed E-state index contributed by atoms with van der Waals surface area (Å²) in [6, 6.07) is 5.62. The van der Waals surface area contributed by atoms with Gasteiger partial charge in [-0.2, -0.15) is 10.2 Å². The van der Waals surface area contributed by atoms with Crippen LogP contribution in [0.15, 0.2) is 24.3 Å². The van der Waals surface area contributed by atoms with Crippen molar-refractivity contribution in [2.45, 2.75) is 64.7 Å². The number of esters is 1. The lowest BCUT2D eigenvalue weighted by atomic mass is 9.64. The average molecular weight is 414 g/mol. The first-order valence-corrected chi connectivity index (χ1v) is 10.8. The van der Waals surface area contributed by atoms with E-state index in [0.29, 0.717) is 19.4 Å². The van der Waals surface area contributed by atoms with Gasteiger partial charge in [0.25, 0.3) is 0 Å². The number of carbonyl (C=O) groups is 1. The second kappa shape index (κ2) is 7.40. The van der Waals surface area contributed by atoms with Gasteiger partial charge in [-0.3, -0.25) is 4.79 Å². The van der Waals surface area contributed by atoms with Crippen LogP contribution in [0, 0.1) is 23.0 Å². The summed E-state index contributed by atoms with van der Waals surface area (Å²) in [7, 11) is 0. The van der Waals surface area contributed by atoms with Gasteiger partial charge in [0, 0.05) is 5.41 Å². The quantitative estimate of drug-likeness (QED) is 0.581. The lowest BCUT2D eigenvalue weighted by molar-refractivity contribution is -0.149. The second-order valence-electron chi connectivity index (χ2n) is 9.09. The number of nitrogens with zero attached hydrogens (tertiary/aromatic N) is 2. The van der Waals surface area contributed by atoms with Crippen LogP contribution in [0.4, 0.5) is 8.78 Å². The Morgan fingerprint density at radius 2 is 1.93 bits per heavy atom. The number of rotatable bonds is 6. The molecule has 2 bridgehead atoms. The highest BCUT2D eigenvalue weighted by Gasteiger charge is 2.63. The Bertz CT molecular complexity index is 971. The van der Waals surface area contributed by atoms with Crippen LogP contribution in [-0.2, 0) is 14.9 Å². The van der Waals surface area contributed by atoms with Crippen LogP contribution in [-0.4, -0.2) is 22.8 Å². The third-order valence-corrected chi connectivity index (χ3v) is 7.54. The van der Waals surface area contributed by atoms with E-state index in [2.05, 4.69) is 24.0 Å². The number of halogens is 2. The zero-order chi connectivity index (χ0) is 21.7. The van der Waals surface area contributed by atoms with E-state index in [-0.39, 0.29) is 39.9 Å². The van der Waals surface area contributed by atoms with Gasteiger partial charge in [0.05, 0.1) is 29.5 Å². The molecule has 160 valence electrons. The highest BCUT2D eigenvalue weighted by molar-refractivity contribution is 5.73. The Kier molecular flexibility index (Phi) is 5.15.